The van der Waals surface area contributed by atoms with Gasteiger partial charge in [0.25, 0.3) is 0 Å². The van der Waals surface area contributed by atoms with E-state index in [1.165, 1.54) is 6.08 Å². The molecule has 2 heteroatoms. The van der Waals surface area contributed by atoms with Gasteiger partial charge in [-0.2, -0.15) is 0 Å². The Bertz CT molecular complexity index is 147. The third kappa shape index (κ3) is 4.01. The monoisotopic (exact) mass is 140 g/mol. The van der Waals surface area contributed by atoms with E-state index < -0.39 is 0 Å². The summed E-state index contributed by atoms with van der Waals surface area (Å²) in [5.74, 6) is 0.0806. The van der Waals surface area contributed by atoms with Crippen molar-refractivity contribution in [1.82, 2.24) is 0 Å². The molecular formula is C8H12O2. The molecule has 0 spiro atoms. The maximum atomic E-state index is 10.6. The Morgan fingerprint density at radius 2 is 2.00 bits per heavy atom. The Hall–Kier alpha value is -0.920. The summed E-state index contributed by atoms with van der Waals surface area (Å²) in [6.07, 6.45) is 2.45. The number of Topliss-reactive ketones (excluding diaryl/α,β-unsaturated/α-hetero) is 1. The van der Waals surface area contributed by atoms with Crippen LogP contribution in [0.4, 0.5) is 0 Å². The molecule has 0 aliphatic carbocycles. The van der Waals surface area contributed by atoms with E-state index in [2.05, 4.69) is 6.58 Å². The van der Waals surface area contributed by atoms with Crippen molar-refractivity contribution in [2.75, 3.05) is 0 Å². The minimum Gasteiger partial charge on any atom is -0.300 e. The predicted octanol–water partition coefficient (Wildman–Crippen LogP) is 1.50. The molecule has 0 aliphatic heterocycles. The van der Waals surface area contributed by atoms with E-state index in [1.54, 1.807) is 6.92 Å². The Balaban J connectivity index is 3.44. The molecule has 0 bridgehead atoms. The van der Waals surface area contributed by atoms with Crippen LogP contribution < -0.4 is 0 Å². The first kappa shape index (κ1) is 9.08. The summed E-state index contributed by atoms with van der Waals surface area (Å²) < 4.78 is 0. The second-order valence-electron chi connectivity index (χ2n) is 2.06. The van der Waals surface area contributed by atoms with E-state index in [0.29, 0.717) is 19.3 Å². The van der Waals surface area contributed by atoms with E-state index >= 15 is 0 Å². The summed E-state index contributed by atoms with van der Waals surface area (Å²) in [5.41, 5.74) is 0. The topological polar surface area (TPSA) is 34.1 Å². The van der Waals surface area contributed by atoms with Crippen LogP contribution in [-0.2, 0) is 9.59 Å². The second kappa shape index (κ2) is 4.91. The van der Waals surface area contributed by atoms with Crippen molar-refractivity contribution in [3.8, 4) is 0 Å². The van der Waals surface area contributed by atoms with Crippen LogP contribution in [0.5, 0.6) is 0 Å². The average molecular weight is 140 g/mol. The molecular weight excluding hydrogens is 128 g/mol. The third-order valence-electron chi connectivity index (χ3n) is 1.27. The molecule has 0 N–H and O–H groups in total. The Labute approximate surface area is 60.9 Å². The van der Waals surface area contributed by atoms with Gasteiger partial charge in [0.15, 0.2) is 5.78 Å². The molecule has 0 aromatic carbocycles. The molecule has 10 heavy (non-hydrogen) atoms. The quantitative estimate of drug-likeness (QED) is 0.542. The molecule has 0 saturated carbocycles. The fraction of sp³-hybridized carbons (Fsp3) is 0.500. The molecule has 0 rings (SSSR count). The molecule has 0 saturated heterocycles. The van der Waals surface area contributed by atoms with Crippen molar-refractivity contribution in [3.05, 3.63) is 12.7 Å². The van der Waals surface area contributed by atoms with Crippen molar-refractivity contribution in [2.45, 2.75) is 26.2 Å². The lowest BCUT2D eigenvalue weighted by Gasteiger charge is -1.92. The molecule has 0 aromatic heterocycles. The van der Waals surface area contributed by atoms with E-state index in [0.717, 1.165) is 0 Å². The molecule has 0 aliphatic rings. The minimum atomic E-state index is -0.0539. The van der Waals surface area contributed by atoms with Gasteiger partial charge in [0.2, 0.25) is 0 Å². The first-order valence-corrected chi connectivity index (χ1v) is 3.37. The van der Waals surface area contributed by atoms with E-state index in [9.17, 15) is 9.59 Å². The van der Waals surface area contributed by atoms with Crippen LogP contribution in [0, 0.1) is 0 Å². The maximum Gasteiger partial charge on any atom is 0.155 e. The van der Waals surface area contributed by atoms with Gasteiger partial charge in [-0.25, -0.2) is 0 Å². The van der Waals surface area contributed by atoms with Gasteiger partial charge in [0.1, 0.15) is 5.78 Å². The van der Waals surface area contributed by atoms with Crippen LogP contribution in [0.2, 0.25) is 0 Å². The van der Waals surface area contributed by atoms with E-state index in [-0.39, 0.29) is 11.6 Å². The fourth-order valence-electron chi connectivity index (χ4n) is 0.541. The van der Waals surface area contributed by atoms with Crippen molar-refractivity contribution in [1.29, 1.82) is 0 Å². The average Bonchev–Trinajstić information content (AvgIpc) is 1.99. The smallest absolute Gasteiger partial charge is 0.155 e. The van der Waals surface area contributed by atoms with Gasteiger partial charge < -0.3 is 0 Å². The largest absolute Gasteiger partial charge is 0.300 e. The first-order valence-electron chi connectivity index (χ1n) is 3.37. The van der Waals surface area contributed by atoms with Crippen LogP contribution >= 0.6 is 0 Å². The lowest BCUT2D eigenvalue weighted by atomic mass is 10.1. The molecule has 0 heterocycles. The van der Waals surface area contributed by atoms with Crippen molar-refractivity contribution in [2.24, 2.45) is 0 Å². The van der Waals surface area contributed by atoms with Gasteiger partial charge in [-0.1, -0.05) is 13.5 Å². The summed E-state index contributed by atoms with van der Waals surface area (Å²) in [6, 6.07) is 0. The summed E-state index contributed by atoms with van der Waals surface area (Å²) in [6.45, 7) is 5.10. The Morgan fingerprint density at radius 1 is 1.40 bits per heavy atom. The van der Waals surface area contributed by atoms with Crippen LogP contribution in [0.3, 0.4) is 0 Å². The van der Waals surface area contributed by atoms with E-state index in [1.807, 2.05) is 0 Å². The number of ketones is 2. The van der Waals surface area contributed by atoms with Crippen molar-refractivity contribution in [3.63, 3.8) is 0 Å². The van der Waals surface area contributed by atoms with Crippen molar-refractivity contribution >= 4 is 11.6 Å². The van der Waals surface area contributed by atoms with Crippen molar-refractivity contribution < 1.29 is 9.59 Å². The molecule has 0 radical (unpaired) electrons. The van der Waals surface area contributed by atoms with E-state index in [4.69, 9.17) is 0 Å². The number of carbonyl (C=O) groups excluding carboxylic acids is 2. The molecule has 0 aromatic rings. The Kier molecular flexibility index (Phi) is 4.46. The first-order chi connectivity index (χ1) is 4.70. The van der Waals surface area contributed by atoms with Gasteiger partial charge in [-0.05, 0) is 6.08 Å². The van der Waals surface area contributed by atoms with Crippen LogP contribution in [0.25, 0.3) is 0 Å². The van der Waals surface area contributed by atoms with Crippen LogP contribution in [0.1, 0.15) is 26.2 Å². The fourth-order valence-corrected chi connectivity index (χ4v) is 0.541. The third-order valence-corrected chi connectivity index (χ3v) is 1.27. The zero-order valence-electron chi connectivity index (χ0n) is 6.22. The lowest BCUT2D eigenvalue weighted by molar-refractivity contribution is -0.122. The van der Waals surface area contributed by atoms with Gasteiger partial charge in [-0.15, -0.1) is 0 Å². The zero-order valence-corrected chi connectivity index (χ0v) is 6.22. The highest BCUT2D eigenvalue weighted by Crippen LogP contribution is 1.95. The number of hydrogen-bond acceptors (Lipinski definition) is 2. The number of carbonyl (C=O) groups is 2. The Morgan fingerprint density at radius 3 is 2.40 bits per heavy atom. The highest BCUT2D eigenvalue weighted by molar-refractivity contribution is 5.92. The SMILES string of the molecule is C=CC(=O)CCC(=O)CC. The van der Waals surface area contributed by atoms with Crippen LogP contribution in [0.15, 0.2) is 12.7 Å². The molecule has 0 amide bonds. The van der Waals surface area contributed by atoms with Gasteiger partial charge in [0.05, 0.1) is 0 Å². The highest BCUT2D eigenvalue weighted by atomic mass is 16.1. The minimum absolute atomic E-state index is 0.0539. The summed E-state index contributed by atoms with van der Waals surface area (Å²) in [4.78, 5) is 21.2. The van der Waals surface area contributed by atoms with Crippen LogP contribution in [-0.4, -0.2) is 11.6 Å². The summed E-state index contributed by atoms with van der Waals surface area (Å²) in [7, 11) is 0. The molecule has 56 valence electrons. The molecule has 2 nitrogen and oxygen atoms in total. The van der Waals surface area contributed by atoms with Gasteiger partial charge >= 0.3 is 0 Å². The standard InChI is InChI=1S/C8H12O2/c1-3-7(9)5-6-8(10)4-2/h3H,1,4-6H2,2H3. The highest BCUT2D eigenvalue weighted by Gasteiger charge is 2.00. The maximum absolute atomic E-state index is 10.6. The number of rotatable bonds is 5. The zero-order chi connectivity index (χ0) is 7.98. The lowest BCUT2D eigenvalue weighted by Crippen LogP contribution is -1.99. The van der Waals surface area contributed by atoms with Gasteiger partial charge in [-0.3, -0.25) is 9.59 Å². The summed E-state index contributed by atoms with van der Waals surface area (Å²) in [5, 5.41) is 0. The number of hydrogen-bond donors (Lipinski definition) is 0. The second-order valence-corrected chi connectivity index (χ2v) is 2.06. The summed E-state index contributed by atoms with van der Waals surface area (Å²) >= 11 is 0. The number of allylic oxidation sites excluding steroid dienone is 1. The molecule has 0 unspecified atom stereocenters. The molecule has 0 fully saturated rings. The normalized spacial score (nSPS) is 8.90. The predicted molar refractivity (Wildman–Crippen MR) is 39.7 cm³/mol. The molecule has 0 atom stereocenters. The van der Waals surface area contributed by atoms with Gasteiger partial charge in [0, 0.05) is 19.3 Å².